The zero-order valence-corrected chi connectivity index (χ0v) is 8.99. The molecule has 0 amide bonds. The molecule has 0 aromatic carbocycles. The van der Waals surface area contributed by atoms with Crippen LogP contribution in [-0.2, 0) is 16.2 Å². The molecule has 2 heterocycles. The van der Waals surface area contributed by atoms with Gasteiger partial charge >= 0.3 is 0 Å². The number of rotatable bonds is 2. The van der Waals surface area contributed by atoms with E-state index in [0.29, 0.717) is 5.88 Å². The van der Waals surface area contributed by atoms with Crippen LogP contribution in [-0.4, -0.2) is 16.8 Å². The van der Waals surface area contributed by atoms with E-state index >= 15 is 0 Å². The molecule has 1 saturated heterocycles. The normalized spacial score (nSPS) is 28.2. The van der Waals surface area contributed by atoms with Gasteiger partial charge in [0.25, 0.3) is 0 Å². The second-order valence-electron chi connectivity index (χ2n) is 3.32. The van der Waals surface area contributed by atoms with Crippen LogP contribution in [0.3, 0.4) is 0 Å². The Hall–Kier alpha value is -0.190. The fourth-order valence-corrected chi connectivity index (χ4v) is 2.50. The average Bonchev–Trinajstić information content (AvgIpc) is 2.72. The average molecular weight is 219 g/mol. The molecular weight excluding hydrogens is 208 g/mol. The molecule has 0 aliphatic carbocycles. The molecule has 0 saturated carbocycles. The van der Waals surface area contributed by atoms with E-state index in [1.54, 1.807) is 11.3 Å². The predicted molar refractivity (Wildman–Crippen MR) is 52.0 cm³/mol. The Kier molecular flexibility index (Phi) is 2.53. The summed E-state index contributed by atoms with van der Waals surface area (Å²) in [6.45, 7) is 2.89. The van der Waals surface area contributed by atoms with Gasteiger partial charge in [0.15, 0.2) is 0 Å². The van der Waals surface area contributed by atoms with Crippen LogP contribution in [0.25, 0.3) is 0 Å². The maximum Gasteiger partial charge on any atom is 0.149 e. The van der Waals surface area contributed by atoms with Gasteiger partial charge in [-0.1, -0.05) is 11.3 Å². The first-order valence-corrected chi connectivity index (χ1v) is 5.62. The van der Waals surface area contributed by atoms with Crippen LogP contribution in [0.1, 0.15) is 29.8 Å². The van der Waals surface area contributed by atoms with Crippen molar-refractivity contribution in [2.24, 2.45) is 0 Å². The lowest BCUT2D eigenvalue weighted by atomic mass is 10.0. The molecule has 13 heavy (non-hydrogen) atoms. The molecule has 1 aliphatic heterocycles. The number of ether oxygens (including phenoxy) is 1. The standard InChI is InChI=1S/C8H11ClN2OS/c1-8(3-2-4-12-8)7-11-10-6(5-9)13-7/h2-5H2,1H3. The van der Waals surface area contributed by atoms with E-state index in [4.69, 9.17) is 16.3 Å². The Morgan fingerprint density at radius 3 is 3.00 bits per heavy atom. The second-order valence-corrected chi connectivity index (χ2v) is 4.65. The maximum absolute atomic E-state index is 5.66. The first kappa shape index (κ1) is 9.37. The third-order valence-corrected chi connectivity index (χ3v) is 3.83. The Balaban J connectivity index is 2.23. The van der Waals surface area contributed by atoms with Crippen LogP contribution >= 0.6 is 22.9 Å². The number of nitrogens with zero attached hydrogens (tertiary/aromatic N) is 2. The van der Waals surface area contributed by atoms with Crippen molar-refractivity contribution in [2.75, 3.05) is 6.61 Å². The third-order valence-electron chi connectivity index (χ3n) is 2.25. The van der Waals surface area contributed by atoms with Gasteiger partial charge in [0.2, 0.25) is 0 Å². The molecular formula is C8H11ClN2OS. The van der Waals surface area contributed by atoms with Gasteiger partial charge in [-0.25, -0.2) is 0 Å². The van der Waals surface area contributed by atoms with E-state index in [0.717, 1.165) is 29.5 Å². The predicted octanol–water partition coefficient (Wildman–Crippen LogP) is 2.30. The van der Waals surface area contributed by atoms with Crippen molar-refractivity contribution in [1.82, 2.24) is 10.2 Å². The van der Waals surface area contributed by atoms with E-state index in [9.17, 15) is 0 Å². The molecule has 5 heteroatoms. The first-order valence-electron chi connectivity index (χ1n) is 4.27. The van der Waals surface area contributed by atoms with E-state index in [1.807, 2.05) is 0 Å². The zero-order chi connectivity index (χ0) is 9.31. The van der Waals surface area contributed by atoms with E-state index in [1.165, 1.54) is 0 Å². The number of hydrogen-bond acceptors (Lipinski definition) is 4. The minimum atomic E-state index is -0.206. The van der Waals surface area contributed by atoms with Gasteiger partial charge in [-0.2, -0.15) is 0 Å². The molecule has 1 aliphatic rings. The largest absolute Gasteiger partial charge is 0.368 e. The highest BCUT2D eigenvalue weighted by Gasteiger charge is 2.35. The summed E-state index contributed by atoms with van der Waals surface area (Å²) in [5.74, 6) is 0.438. The number of aromatic nitrogens is 2. The molecule has 0 spiro atoms. The summed E-state index contributed by atoms with van der Waals surface area (Å²) in [4.78, 5) is 0. The molecule has 3 nitrogen and oxygen atoms in total. The molecule has 2 rings (SSSR count). The summed E-state index contributed by atoms with van der Waals surface area (Å²) in [5.41, 5.74) is -0.206. The summed E-state index contributed by atoms with van der Waals surface area (Å²) in [5, 5.41) is 9.91. The molecule has 1 unspecified atom stereocenters. The molecule has 1 aromatic heterocycles. The molecule has 1 atom stereocenters. The number of halogens is 1. The highest BCUT2D eigenvalue weighted by molar-refractivity contribution is 7.11. The summed E-state index contributed by atoms with van der Waals surface area (Å²) in [7, 11) is 0. The van der Waals surface area contributed by atoms with Crippen LogP contribution in [0, 0.1) is 0 Å². The monoisotopic (exact) mass is 218 g/mol. The molecule has 0 bridgehead atoms. The quantitative estimate of drug-likeness (QED) is 0.715. The third kappa shape index (κ3) is 1.71. The van der Waals surface area contributed by atoms with Crippen LogP contribution < -0.4 is 0 Å². The van der Waals surface area contributed by atoms with E-state index in [-0.39, 0.29) is 5.60 Å². The molecule has 0 N–H and O–H groups in total. The van der Waals surface area contributed by atoms with Crippen LogP contribution in [0.5, 0.6) is 0 Å². The fourth-order valence-electron chi connectivity index (χ4n) is 1.47. The van der Waals surface area contributed by atoms with Crippen LogP contribution in [0.15, 0.2) is 0 Å². The molecule has 1 fully saturated rings. The van der Waals surface area contributed by atoms with Crippen molar-refractivity contribution in [3.63, 3.8) is 0 Å². The van der Waals surface area contributed by atoms with Crippen LogP contribution in [0.2, 0.25) is 0 Å². The summed E-state index contributed by atoms with van der Waals surface area (Å²) >= 11 is 7.21. The van der Waals surface area contributed by atoms with Gasteiger partial charge in [-0.3, -0.25) is 0 Å². The lowest BCUT2D eigenvalue weighted by Gasteiger charge is -2.18. The van der Waals surface area contributed by atoms with E-state index < -0.39 is 0 Å². The van der Waals surface area contributed by atoms with Crippen LogP contribution in [0.4, 0.5) is 0 Å². The lowest BCUT2D eigenvalue weighted by molar-refractivity contribution is 0.0161. The SMILES string of the molecule is CC1(c2nnc(CCl)s2)CCCO1. The Bertz CT molecular complexity index is 296. The second kappa shape index (κ2) is 3.52. The maximum atomic E-state index is 5.66. The van der Waals surface area contributed by atoms with Gasteiger partial charge in [-0.05, 0) is 19.8 Å². The minimum absolute atomic E-state index is 0.206. The Morgan fingerprint density at radius 2 is 2.46 bits per heavy atom. The Morgan fingerprint density at radius 1 is 1.62 bits per heavy atom. The van der Waals surface area contributed by atoms with Gasteiger partial charge in [0.1, 0.15) is 15.6 Å². The molecule has 0 radical (unpaired) electrons. The summed E-state index contributed by atoms with van der Waals surface area (Å²) < 4.78 is 5.65. The van der Waals surface area contributed by atoms with Gasteiger partial charge in [0.05, 0.1) is 5.88 Å². The minimum Gasteiger partial charge on any atom is -0.368 e. The zero-order valence-electron chi connectivity index (χ0n) is 7.42. The van der Waals surface area contributed by atoms with Gasteiger partial charge in [0, 0.05) is 6.61 Å². The highest BCUT2D eigenvalue weighted by atomic mass is 35.5. The smallest absolute Gasteiger partial charge is 0.149 e. The van der Waals surface area contributed by atoms with Crippen molar-refractivity contribution in [3.05, 3.63) is 10.0 Å². The topological polar surface area (TPSA) is 35.0 Å². The summed E-state index contributed by atoms with van der Waals surface area (Å²) in [6.07, 6.45) is 2.14. The van der Waals surface area contributed by atoms with Gasteiger partial charge in [-0.15, -0.1) is 21.8 Å². The number of alkyl halides is 1. The molecule has 72 valence electrons. The highest BCUT2D eigenvalue weighted by Crippen LogP contribution is 2.37. The van der Waals surface area contributed by atoms with Crippen molar-refractivity contribution in [1.29, 1.82) is 0 Å². The van der Waals surface area contributed by atoms with Crippen molar-refractivity contribution in [3.8, 4) is 0 Å². The van der Waals surface area contributed by atoms with Crippen molar-refractivity contribution >= 4 is 22.9 Å². The number of hydrogen-bond donors (Lipinski definition) is 0. The lowest BCUT2D eigenvalue weighted by Crippen LogP contribution is -2.19. The Labute approximate surface area is 86.1 Å². The first-order chi connectivity index (χ1) is 6.24. The van der Waals surface area contributed by atoms with E-state index in [2.05, 4.69) is 17.1 Å². The summed E-state index contributed by atoms with van der Waals surface area (Å²) in [6, 6.07) is 0. The van der Waals surface area contributed by atoms with Gasteiger partial charge < -0.3 is 4.74 Å². The van der Waals surface area contributed by atoms with Crippen molar-refractivity contribution in [2.45, 2.75) is 31.2 Å². The van der Waals surface area contributed by atoms with Crippen molar-refractivity contribution < 1.29 is 4.74 Å². The molecule has 1 aromatic rings. The fraction of sp³-hybridized carbons (Fsp3) is 0.750.